The number of halogens is 1. The Hall–Kier alpha value is -3.80. The Morgan fingerprint density at radius 2 is 1.32 bits per heavy atom. The van der Waals surface area contributed by atoms with Gasteiger partial charge in [0.1, 0.15) is 5.82 Å². The van der Waals surface area contributed by atoms with E-state index in [2.05, 4.69) is 10.6 Å². The van der Waals surface area contributed by atoms with E-state index in [1.54, 1.807) is 42.5 Å². The van der Waals surface area contributed by atoms with Gasteiger partial charge in [0.15, 0.2) is 5.78 Å². The molecule has 140 valence electrons. The number of hydrogen-bond donors (Lipinski definition) is 2. The Morgan fingerprint density at radius 3 is 1.93 bits per heavy atom. The number of amides is 2. The minimum absolute atomic E-state index is 0.0629. The third-order valence-electron chi connectivity index (χ3n) is 4.06. The average Bonchev–Trinajstić information content (AvgIpc) is 2.70. The number of hydrogen-bond acceptors (Lipinski definition) is 3. The Balaban J connectivity index is 1.73. The summed E-state index contributed by atoms with van der Waals surface area (Å²) < 4.78 is 13.7. The molecular weight excluding hydrogens is 359 g/mol. The van der Waals surface area contributed by atoms with E-state index in [0.717, 1.165) is 0 Å². The molecule has 0 saturated carbocycles. The molecule has 0 aliphatic carbocycles. The number of Topliss-reactive ketones (excluding diaryl/α,β-unsaturated/α-hetero) is 1. The molecule has 0 aliphatic heterocycles. The molecule has 0 aromatic heterocycles. The first kappa shape index (κ1) is 19.0. The highest BCUT2D eigenvalue weighted by Crippen LogP contribution is 2.16. The number of carbonyl (C=O) groups is 3. The first-order valence-electron chi connectivity index (χ1n) is 8.52. The molecule has 28 heavy (non-hydrogen) atoms. The van der Waals surface area contributed by atoms with Crippen molar-refractivity contribution in [2.45, 2.75) is 6.92 Å². The van der Waals surface area contributed by atoms with Crippen LogP contribution in [0.3, 0.4) is 0 Å². The van der Waals surface area contributed by atoms with Gasteiger partial charge in [0.2, 0.25) is 0 Å². The minimum Gasteiger partial charge on any atom is -0.322 e. The molecule has 0 aliphatic rings. The van der Waals surface area contributed by atoms with Gasteiger partial charge < -0.3 is 10.6 Å². The number of para-hydroxylation sites is 1. The van der Waals surface area contributed by atoms with Crippen LogP contribution in [0.25, 0.3) is 0 Å². The second-order valence-corrected chi connectivity index (χ2v) is 6.10. The van der Waals surface area contributed by atoms with Crippen molar-refractivity contribution in [2.24, 2.45) is 0 Å². The van der Waals surface area contributed by atoms with Crippen molar-refractivity contribution in [1.82, 2.24) is 0 Å². The monoisotopic (exact) mass is 376 g/mol. The highest BCUT2D eigenvalue weighted by atomic mass is 19.1. The van der Waals surface area contributed by atoms with E-state index >= 15 is 0 Å². The van der Waals surface area contributed by atoms with Gasteiger partial charge in [-0.25, -0.2) is 4.39 Å². The zero-order valence-electron chi connectivity index (χ0n) is 15.0. The normalized spacial score (nSPS) is 10.2. The summed E-state index contributed by atoms with van der Waals surface area (Å²) in [7, 11) is 0. The molecule has 2 N–H and O–H groups in total. The highest BCUT2D eigenvalue weighted by molar-refractivity contribution is 6.08. The van der Waals surface area contributed by atoms with E-state index < -0.39 is 17.6 Å². The highest BCUT2D eigenvalue weighted by Gasteiger charge is 2.12. The van der Waals surface area contributed by atoms with Crippen molar-refractivity contribution in [3.05, 3.63) is 95.3 Å². The third kappa shape index (κ3) is 4.48. The fourth-order valence-corrected chi connectivity index (χ4v) is 2.55. The molecule has 5 nitrogen and oxygen atoms in total. The van der Waals surface area contributed by atoms with Crippen LogP contribution in [0.1, 0.15) is 38.0 Å². The summed E-state index contributed by atoms with van der Waals surface area (Å²) in [5.41, 5.74) is 1.63. The van der Waals surface area contributed by atoms with Crippen LogP contribution in [-0.4, -0.2) is 17.6 Å². The lowest BCUT2D eigenvalue weighted by Crippen LogP contribution is -2.16. The van der Waals surface area contributed by atoms with Crippen LogP contribution in [0, 0.1) is 5.82 Å². The Labute approximate surface area is 161 Å². The van der Waals surface area contributed by atoms with E-state index in [0.29, 0.717) is 11.3 Å². The number of carbonyl (C=O) groups excluding carboxylic acids is 3. The van der Waals surface area contributed by atoms with Crippen LogP contribution in [0.5, 0.6) is 0 Å². The van der Waals surface area contributed by atoms with Gasteiger partial charge in [0, 0.05) is 22.4 Å². The average molecular weight is 376 g/mol. The molecule has 3 rings (SSSR count). The smallest absolute Gasteiger partial charge is 0.255 e. The molecule has 3 aromatic rings. The molecule has 0 radical (unpaired) electrons. The van der Waals surface area contributed by atoms with Gasteiger partial charge in [-0.2, -0.15) is 0 Å². The zero-order chi connectivity index (χ0) is 20.1. The van der Waals surface area contributed by atoms with Crippen LogP contribution < -0.4 is 10.6 Å². The summed E-state index contributed by atoms with van der Waals surface area (Å²) >= 11 is 0. The first-order chi connectivity index (χ1) is 13.4. The lowest BCUT2D eigenvalue weighted by atomic mass is 10.1. The summed E-state index contributed by atoms with van der Waals surface area (Å²) in [5.74, 6) is -1.54. The fraction of sp³-hybridized carbons (Fsp3) is 0.0455. The summed E-state index contributed by atoms with van der Waals surface area (Å²) in [5, 5.41) is 5.19. The molecule has 0 heterocycles. The van der Waals surface area contributed by atoms with Gasteiger partial charge in [-0.05, 0) is 61.5 Å². The standard InChI is InChI=1S/C22H17FN2O3/c1-14(26)15-9-11-18(12-10-15)24-21(27)16-5-4-6-17(13-16)22(28)25-20-8-3-2-7-19(20)23/h2-13H,1H3,(H,24,27)(H,25,28). The number of ketones is 1. The summed E-state index contributed by atoms with van der Waals surface area (Å²) in [4.78, 5) is 36.1. The van der Waals surface area contributed by atoms with Crippen LogP contribution in [0.15, 0.2) is 72.8 Å². The largest absolute Gasteiger partial charge is 0.322 e. The molecule has 0 unspecified atom stereocenters. The molecule has 0 atom stereocenters. The predicted octanol–water partition coefficient (Wildman–Crippen LogP) is 4.53. The van der Waals surface area contributed by atoms with Crippen molar-refractivity contribution >= 4 is 29.0 Å². The van der Waals surface area contributed by atoms with Gasteiger partial charge in [-0.3, -0.25) is 14.4 Å². The molecule has 0 saturated heterocycles. The van der Waals surface area contributed by atoms with E-state index in [4.69, 9.17) is 0 Å². The summed E-state index contributed by atoms with van der Waals surface area (Å²) in [6.45, 7) is 1.46. The van der Waals surface area contributed by atoms with Crippen molar-refractivity contribution in [3.63, 3.8) is 0 Å². The maximum atomic E-state index is 13.7. The number of anilines is 2. The van der Waals surface area contributed by atoms with Crippen molar-refractivity contribution < 1.29 is 18.8 Å². The zero-order valence-corrected chi connectivity index (χ0v) is 15.0. The maximum absolute atomic E-state index is 13.7. The van der Waals surface area contributed by atoms with Gasteiger partial charge in [0.25, 0.3) is 11.8 Å². The molecule has 0 spiro atoms. The first-order valence-corrected chi connectivity index (χ1v) is 8.52. The van der Waals surface area contributed by atoms with Gasteiger partial charge in [-0.1, -0.05) is 18.2 Å². The number of nitrogens with one attached hydrogen (secondary N) is 2. The Bertz CT molecular complexity index is 1050. The predicted molar refractivity (Wildman–Crippen MR) is 105 cm³/mol. The van der Waals surface area contributed by atoms with Crippen LogP contribution in [0.2, 0.25) is 0 Å². The minimum atomic E-state index is -0.543. The second kappa shape index (κ2) is 8.26. The Kier molecular flexibility index (Phi) is 5.60. The third-order valence-corrected chi connectivity index (χ3v) is 4.06. The lowest BCUT2D eigenvalue weighted by molar-refractivity contribution is 0.101. The van der Waals surface area contributed by atoms with E-state index in [1.807, 2.05) is 0 Å². The van der Waals surface area contributed by atoms with Gasteiger partial charge in [0.05, 0.1) is 5.69 Å². The molecule has 6 heteroatoms. The van der Waals surface area contributed by atoms with Gasteiger partial charge >= 0.3 is 0 Å². The lowest BCUT2D eigenvalue weighted by Gasteiger charge is -2.09. The van der Waals surface area contributed by atoms with Crippen LogP contribution in [-0.2, 0) is 0 Å². The van der Waals surface area contributed by atoms with Crippen LogP contribution >= 0.6 is 0 Å². The van der Waals surface area contributed by atoms with E-state index in [-0.39, 0.29) is 22.6 Å². The molecule has 2 amide bonds. The number of benzene rings is 3. The second-order valence-electron chi connectivity index (χ2n) is 6.10. The molecule has 3 aromatic carbocycles. The van der Waals surface area contributed by atoms with Crippen molar-refractivity contribution in [1.29, 1.82) is 0 Å². The Morgan fingerprint density at radius 1 is 0.714 bits per heavy atom. The van der Waals surface area contributed by atoms with Gasteiger partial charge in [-0.15, -0.1) is 0 Å². The molecule has 0 bridgehead atoms. The van der Waals surface area contributed by atoms with E-state index in [1.165, 1.54) is 37.3 Å². The quantitative estimate of drug-likeness (QED) is 0.642. The van der Waals surface area contributed by atoms with Crippen molar-refractivity contribution in [2.75, 3.05) is 10.6 Å². The summed E-state index contributed by atoms with van der Waals surface area (Å²) in [6.07, 6.45) is 0. The number of rotatable bonds is 5. The molecular formula is C22H17FN2O3. The summed E-state index contributed by atoms with van der Waals surface area (Å²) in [6, 6.07) is 18.4. The SMILES string of the molecule is CC(=O)c1ccc(NC(=O)c2cccc(C(=O)Nc3ccccc3F)c2)cc1. The maximum Gasteiger partial charge on any atom is 0.255 e. The molecule has 0 fully saturated rings. The fourth-order valence-electron chi connectivity index (χ4n) is 2.55. The van der Waals surface area contributed by atoms with Crippen LogP contribution in [0.4, 0.5) is 15.8 Å². The van der Waals surface area contributed by atoms with E-state index in [9.17, 15) is 18.8 Å². The topological polar surface area (TPSA) is 75.3 Å². The van der Waals surface area contributed by atoms with Crippen molar-refractivity contribution in [3.8, 4) is 0 Å².